The smallest absolute Gasteiger partial charge is 0.282 e. The van der Waals surface area contributed by atoms with Crippen LogP contribution in [-0.4, -0.2) is 32.4 Å². The van der Waals surface area contributed by atoms with Crippen LogP contribution in [0.3, 0.4) is 0 Å². The minimum Gasteiger partial charge on any atom is -0.359 e. The number of halogens is 2. The molecule has 2 aromatic rings. The predicted molar refractivity (Wildman–Crippen MR) is 81.9 cm³/mol. The van der Waals surface area contributed by atoms with Gasteiger partial charge in [-0.2, -0.15) is 0 Å². The first kappa shape index (κ1) is 15.8. The largest absolute Gasteiger partial charge is 0.359 e. The number of hydrogen-bond donors (Lipinski definition) is 1. The van der Waals surface area contributed by atoms with Gasteiger partial charge in [0.2, 0.25) is 10.0 Å². The molecule has 0 aliphatic carbocycles. The van der Waals surface area contributed by atoms with Gasteiger partial charge in [-0.1, -0.05) is 0 Å². The number of aromatic nitrogens is 1. The first-order valence-electron chi connectivity index (χ1n) is 6.97. The molecular formula is C15H15F2N3O2S. The van der Waals surface area contributed by atoms with E-state index in [0.717, 1.165) is 5.56 Å². The van der Waals surface area contributed by atoms with Crippen LogP contribution in [0.5, 0.6) is 0 Å². The van der Waals surface area contributed by atoms with Crippen molar-refractivity contribution in [2.24, 2.45) is 0 Å². The van der Waals surface area contributed by atoms with Crippen LogP contribution in [-0.2, 0) is 16.6 Å². The number of nitrogens with one attached hydrogen (secondary N) is 1. The standard InChI is InChI=1S/C15H15F2N3O2S/c16-15(17)10-20(11-15)13-1-3-14(4-2-13)23(21,22)19-9-12-5-7-18-8-6-12/h1-8,19H,9-11H2. The van der Waals surface area contributed by atoms with Gasteiger partial charge < -0.3 is 4.90 Å². The van der Waals surface area contributed by atoms with Crippen molar-refractivity contribution in [3.8, 4) is 0 Å². The first-order chi connectivity index (χ1) is 10.9. The summed E-state index contributed by atoms with van der Waals surface area (Å²) in [6, 6.07) is 9.35. The predicted octanol–water partition coefficient (Wildman–Crippen LogP) is 2.02. The molecule has 1 aliphatic heterocycles. The highest BCUT2D eigenvalue weighted by molar-refractivity contribution is 7.89. The summed E-state index contributed by atoms with van der Waals surface area (Å²) in [4.78, 5) is 5.46. The van der Waals surface area contributed by atoms with Gasteiger partial charge in [-0.05, 0) is 42.0 Å². The minimum atomic E-state index is -3.65. The maximum Gasteiger partial charge on any atom is 0.282 e. The lowest BCUT2D eigenvalue weighted by Crippen LogP contribution is -2.56. The third-order valence-corrected chi connectivity index (χ3v) is 4.99. The molecule has 1 saturated heterocycles. The number of rotatable bonds is 5. The highest BCUT2D eigenvalue weighted by atomic mass is 32.2. The van der Waals surface area contributed by atoms with Crippen molar-refractivity contribution in [2.45, 2.75) is 17.4 Å². The van der Waals surface area contributed by atoms with Crippen molar-refractivity contribution < 1.29 is 17.2 Å². The average molecular weight is 339 g/mol. The van der Waals surface area contributed by atoms with Crippen molar-refractivity contribution in [1.82, 2.24) is 9.71 Å². The minimum absolute atomic E-state index is 0.0996. The van der Waals surface area contributed by atoms with Gasteiger partial charge in [-0.15, -0.1) is 0 Å². The SMILES string of the molecule is O=S(=O)(NCc1ccncc1)c1ccc(N2CC(F)(F)C2)cc1. The van der Waals surface area contributed by atoms with Crippen molar-refractivity contribution in [1.29, 1.82) is 0 Å². The Morgan fingerprint density at radius 1 is 1.09 bits per heavy atom. The van der Waals surface area contributed by atoms with Crippen LogP contribution in [0.25, 0.3) is 0 Å². The lowest BCUT2D eigenvalue weighted by molar-refractivity contribution is -0.0262. The van der Waals surface area contributed by atoms with Gasteiger partial charge >= 0.3 is 0 Å². The van der Waals surface area contributed by atoms with Crippen molar-refractivity contribution in [3.05, 3.63) is 54.4 Å². The van der Waals surface area contributed by atoms with Crippen LogP contribution in [0, 0.1) is 0 Å². The average Bonchev–Trinajstić information content (AvgIpc) is 2.52. The highest BCUT2D eigenvalue weighted by Gasteiger charge is 2.43. The van der Waals surface area contributed by atoms with E-state index >= 15 is 0 Å². The van der Waals surface area contributed by atoms with Crippen LogP contribution in [0.4, 0.5) is 14.5 Å². The summed E-state index contributed by atoms with van der Waals surface area (Å²) in [5.74, 6) is -2.66. The summed E-state index contributed by atoms with van der Waals surface area (Å²) in [7, 11) is -3.65. The molecule has 8 heteroatoms. The second-order valence-electron chi connectivity index (χ2n) is 5.39. The van der Waals surface area contributed by atoms with Gasteiger partial charge in [-0.25, -0.2) is 21.9 Å². The Labute approximate surface area is 133 Å². The molecule has 5 nitrogen and oxygen atoms in total. The van der Waals surface area contributed by atoms with E-state index in [4.69, 9.17) is 0 Å². The van der Waals surface area contributed by atoms with E-state index in [1.165, 1.54) is 29.2 Å². The van der Waals surface area contributed by atoms with Crippen LogP contribution in [0.1, 0.15) is 5.56 Å². The molecule has 3 rings (SSSR count). The number of nitrogens with zero attached hydrogens (tertiary/aromatic N) is 2. The number of sulfonamides is 1. The Morgan fingerprint density at radius 2 is 1.70 bits per heavy atom. The maximum absolute atomic E-state index is 12.9. The summed E-state index contributed by atoms with van der Waals surface area (Å²) in [5.41, 5.74) is 1.38. The lowest BCUT2D eigenvalue weighted by atomic mass is 10.1. The molecule has 0 radical (unpaired) electrons. The molecular weight excluding hydrogens is 324 g/mol. The quantitative estimate of drug-likeness (QED) is 0.905. The van der Waals surface area contributed by atoms with Crippen LogP contribution in [0.15, 0.2) is 53.7 Å². The second kappa shape index (κ2) is 5.86. The van der Waals surface area contributed by atoms with Gasteiger partial charge in [0.05, 0.1) is 18.0 Å². The molecule has 0 spiro atoms. The zero-order chi connectivity index (χ0) is 16.5. The molecule has 0 saturated carbocycles. The van der Waals surface area contributed by atoms with Gasteiger partial charge in [0.15, 0.2) is 0 Å². The third kappa shape index (κ3) is 3.65. The van der Waals surface area contributed by atoms with E-state index in [2.05, 4.69) is 9.71 Å². The molecule has 1 fully saturated rings. The summed E-state index contributed by atoms with van der Waals surface area (Å²) < 4.78 is 52.6. The van der Waals surface area contributed by atoms with E-state index < -0.39 is 15.9 Å². The van der Waals surface area contributed by atoms with Crippen LogP contribution < -0.4 is 9.62 Å². The second-order valence-corrected chi connectivity index (χ2v) is 7.15. The van der Waals surface area contributed by atoms with Crippen LogP contribution >= 0.6 is 0 Å². The molecule has 23 heavy (non-hydrogen) atoms. The zero-order valence-corrected chi connectivity index (χ0v) is 12.9. The number of anilines is 1. The fourth-order valence-corrected chi connectivity index (χ4v) is 3.31. The molecule has 122 valence electrons. The lowest BCUT2D eigenvalue weighted by Gasteiger charge is -2.40. The van der Waals surface area contributed by atoms with Crippen molar-refractivity contribution >= 4 is 15.7 Å². The van der Waals surface area contributed by atoms with Crippen molar-refractivity contribution in [3.63, 3.8) is 0 Å². The Morgan fingerprint density at radius 3 is 2.26 bits per heavy atom. The normalized spacial score (nSPS) is 16.9. The Hall–Kier alpha value is -2.06. The van der Waals surface area contributed by atoms with E-state index in [0.29, 0.717) is 5.69 Å². The van der Waals surface area contributed by atoms with Gasteiger partial charge in [0.1, 0.15) is 0 Å². The van der Waals surface area contributed by atoms with E-state index in [-0.39, 0.29) is 24.5 Å². The first-order valence-corrected chi connectivity index (χ1v) is 8.45. The Bertz CT molecular complexity index is 772. The fourth-order valence-electron chi connectivity index (χ4n) is 2.29. The number of benzene rings is 1. The fraction of sp³-hybridized carbons (Fsp3) is 0.267. The van der Waals surface area contributed by atoms with E-state index in [9.17, 15) is 17.2 Å². The molecule has 1 aromatic carbocycles. The van der Waals surface area contributed by atoms with Crippen LogP contribution in [0.2, 0.25) is 0 Å². The molecule has 0 unspecified atom stereocenters. The summed E-state index contributed by atoms with van der Waals surface area (Å²) in [6.07, 6.45) is 3.17. The topological polar surface area (TPSA) is 62.3 Å². The molecule has 1 aliphatic rings. The number of hydrogen-bond acceptors (Lipinski definition) is 4. The molecule has 0 amide bonds. The maximum atomic E-state index is 12.9. The Kier molecular flexibility index (Phi) is 4.03. The molecule has 1 aromatic heterocycles. The number of pyridine rings is 1. The highest BCUT2D eigenvalue weighted by Crippen LogP contribution is 2.32. The van der Waals surface area contributed by atoms with Gasteiger partial charge in [-0.3, -0.25) is 4.98 Å². The summed E-state index contributed by atoms with van der Waals surface area (Å²) >= 11 is 0. The number of alkyl halides is 2. The molecule has 1 N–H and O–H groups in total. The molecule has 2 heterocycles. The third-order valence-electron chi connectivity index (χ3n) is 3.57. The molecule has 0 atom stereocenters. The van der Waals surface area contributed by atoms with Crippen molar-refractivity contribution in [2.75, 3.05) is 18.0 Å². The molecule has 0 bridgehead atoms. The van der Waals surface area contributed by atoms with Gasteiger partial charge in [0, 0.05) is 24.6 Å². The van der Waals surface area contributed by atoms with Gasteiger partial charge in [0.25, 0.3) is 5.92 Å². The van der Waals surface area contributed by atoms with E-state index in [1.807, 2.05) is 0 Å². The Balaban J connectivity index is 1.66. The van der Waals surface area contributed by atoms with E-state index in [1.54, 1.807) is 24.5 Å². The summed E-state index contributed by atoms with van der Waals surface area (Å²) in [6.45, 7) is -0.510. The zero-order valence-electron chi connectivity index (χ0n) is 12.1. The monoisotopic (exact) mass is 339 g/mol. The summed E-state index contributed by atoms with van der Waals surface area (Å²) in [5, 5.41) is 0.